The number of benzene rings is 1. The van der Waals surface area contributed by atoms with Gasteiger partial charge in [0.25, 0.3) is 0 Å². The van der Waals surface area contributed by atoms with Crippen LogP contribution in [0, 0.1) is 13.8 Å². The van der Waals surface area contributed by atoms with Gasteiger partial charge in [-0.3, -0.25) is 4.90 Å². The van der Waals surface area contributed by atoms with Gasteiger partial charge >= 0.3 is 0 Å². The summed E-state index contributed by atoms with van der Waals surface area (Å²) < 4.78 is 11.1. The highest BCUT2D eigenvalue weighted by Gasteiger charge is 2.15. The molecule has 0 radical (unpaired) electrons. The lowest BCUT2D eigenvalue weighted by molar-refractivity contribution is 0.00465. The van der Waals surface area contributed by atoms with Gasteiger partial charge in [0.1, 0.15) is 24.3 Å². The van der Waals surface area contributed by atoms with Crippen LogP contribution in [0.25, 0.3) is 0 Å². The van der Waals surface area contributed by atoms with E-state index in [2.05, 4.69) is 26.3 Å². The third kappa shape index (κ3) is 7.70. The molecule has 1 aliphatic rings. The van der Waals surface area contributed by atoms with E-state index in [0.717, 1.165) is 74.3 Å². The zero-order chi connectivity index (χ0) is 20.5. The molecule has 1 atom stereocenters. The molecule has 2 heterocycles. The first-order valence-electron chi connectivity index (χ1n) is 10.3. The van der Waals surface area contributed by atoms with Crippen molar-refractivity contribution in [1.29, 1.82) is 0 Å². The topological polar surface area (TPSA) is 79.7 Å². The summed E-state index contributed by atoms with van der Waals surface area (Å²) >= 11 is 0. The standard InChI is InChI=1S/C22H32N4O3/c1-17-12-18(2)25-22(24-17)6-7-23-14-19-4-3-5-21(13-19)29-16-20(27)15-26-8-10-28-11-9-26/h3-5,12-13,20,23,27H,6-11,14-16H2,1-2H3/t20-/m0/s1. The molecule has 3 rings (SSSR count). The Morgan fingerprint density at radius 2 is 1.93 bits per heavy atom. The minimum absolute atomic E-state index is 0.290. The van der Waals surface area contributed by atoms with Crippen molar-refractivity contribution in [2.75, 3.05) is 46.0 Å². The predicted octanol–water partition coefficient (Wildman–Crippen LogP) is 1.50. The smallest absolute Gasteiger partial charge is 0.130 e. The first-order chi connectivity index (χ1) is 14.1. The number of hydrogen-bond donors (Lipinski definition) is 2. The summed E-state index contributed by atoms with van der Waals surface area (Å²) in [5.41, 5.74) is 3.16. The quantitative estimate of drug-likeness (QED) is 0.585. The van der Waals surface area contributed by atoms with Crippen molar-refractivity contribution in [1.82, 2.24) is 20.2 Å². The second-order valence-electron chi connectivity index (χ2n) is 7.52. The van der Waals surface area contributed by atoms with Crippen LogP contribution in [0.15, 0.2) is 30.3 Å². The maximum absolute atomic E-state index is 10.2. The third-order valence-corrected chi connectivity index (χ3v) is 4.80. The van der Waals surface area contributed by atoms with Gasteiger partial charge in [-0.25, -0.2) is 9.97 Å². The molecule has 0 aliphatic carbocycles. The Hall–Kier alpha value is -2.06. The zero-order valence-corrected chi connectivity index (χ0v) is 17.4. The van der Waals surface area contributed by atoms with E-state index in [-0.39, 0.29) is 6.61 Å². The molecule has 1 aromatic carbocycles. The number of aryl methyl sites for hydroxylation is 2. The number of aliphatic hydroxyl groups excluding tert-OH is 1. The van der Waals surface area contributed by atoms with Crippen LogP contribution in [0.4, 0.5) is 0 Å². The summed E-state index contributed by atoms with van der Waals surface area (Å²) in [7, 11) is 0. The van der Waals surface area contributed by atoms with Crippen LogP contribution >= 0.6 is 0 Å². The van der Waals surface area contributed by atoms with Gasteiger partial charge < -0.3 is 19.9 Å². The molecule has 0 spiro atoms. The molecule has 1 saturated heterocycles. The molecule has 7 nitrogen and oxygen atoms in total. The van der Waals surface area contributed by atoms with Crippen LogP contribution in [-0.4, -0.2) is 72.1 Å². The largest absolute Gasteiger partial charge is 0.491 e. The molecule has 158 valence electrons. The highest BCUT2D eigenvalue weighted by atomic mass is 16.5. The van der Waals surface area contributed by atoms with Crippen LogP contribution in [-0.2, 0) is 17.7 Å². The summed E-state index contributed by atoms with van der Waals surface area (Å²) in [6.07, 6.45) is 0.291. The first kappa shape index (κ1) is 21.6. The summed E-state index contributed by atoms with van der Waals surface area (Å²) in [5.74, 6) is 1.66. The van der Waals surface area contributed by atoms with Crippen LogP contribution < -0.4 is 10.1 Å². The fraction of sp³-hybridized carbons (Fsp3) is 0.545. The average Bonchev–Trinajstić information content (AvgIpc) is 2.70. The lowest BCUT2D eigenvalue weighted by Gasteiger charge is -2.28. The van der Waals surface area contributed by atoms with Crippen molar-refractivity contribution in [2.45, 2.75) is 32.9 Å². The average molecular weight is 401 g/mol. The lowest BCUT2D eigenvalue weighted by atomic mass is 10.2. The Morgan fingerprint density at radius 3 is 2.69 bits per heavy atom. The van der Waals surface area contributed by atoms with Crippen molar-refractivity contribution < 1.29 is 14.6 Å². The van der Waals surface area contributed by atoms with Gasteiger partial charge in [0.2, 0.25) is 0 Å². The Labute approximate surface area is 173 Å². The summed E-state index contributed by atoms with van der Waals surface area (Å²) in [5, 5.41) is 13.7. The van der Waals surface area contributed by atoms with Crippen LogP contribution in [0.5, 0.6) is 5.75 Å². The predicted molar refractivity (Wildman–Crippen MR) is 112 cm³/mol. The molecule has 0 saturated carbocycles. The molecule has 0 amide bonds. The number of nitrogens with one attached hydrogen (secondary N) is 1. The normalized spacial score (nSPS) is 16.0. The minimum atomic E-state index is -0.507. The summed E-state index contributed by atoms with van der Waals surface area (Å²) in [6.45, 7) is 9.66. The molecular formula is C22H32N4O3. The highest BCUT2D eigenvalue weighted by molar-refractivity contribution is 5.28. The van der Waals surface area contributed by atoms with Crippen LogP contribution in [0.2, 0.25) is 0 Å². The molecule has 1 aliphatic heterocycles. The first-order valence-corrected chi connectivity index (χ1v) is 10.3. The maximum atomic E-state index is 10.2. The monoisotopic (exact) mass is 400 g/mol. The molecule has 2 aromatic rings. The van der Waals surface area contributed by atoms with E-state index in [1.54, 1.807) is 0 Å². The van der Waals surface area contributed by atoms with Gasteiger partial charge in [0.05, 0.1) is 13.2 Å². The molecule has 0 unspecified atom stereocenters. The number of aromatic nitrogens is 2. The fourth-order valence-corrected chi connectivity index (χ4v) is 3.42. The molecular weight excluding hydrogens is 368 g/mol. The molecule has 1 aromatic heterocycles. The van der Waals surface area contributed by atoms with Gasteiger partial charge in [0, 0.05) is 50.5 Å². The van der Waals surface area contributed by atoms with E-state index >= 15 is 0 Å². The van der Waals surface area contributed by atoms with Crippen molar-refractivity contribution in [3.05, 3.63) is 53.1 Å². The molecule has 1 fully saturated rings. The second kappa shape index (κ2) is 11.2. The van der Waals surface area contributed by atoms with Gasteiger partial charge in [-0.1, -0.05) is 12.1 Å². The van der Waals surface area contributed by atoms with E-state index in [0.29, 0.717) is 6.54 Å². The summed E-state index contributed by atoms with van der Waals surface area (Å²) in [4.78, 5) is 11.1. The van der Waals surface area contributed by atoms with E-state index in [9.17, 15) is 5.11 Å². The number of hydrogen-bond acceptors (Lipinski definition) is 7. The maximum Gasteiger partial charge on any atom is 0.130 e. The van der Waals surface area contributed by atoms with Gasteiger partial charge in [-0.2, -0.15) is 0 Å². The minimum Gasteiger partial charge on any atom is -0.491 e. The van der Waals surface area contributed by atoms with Crippen molar-refractivity contribution >= 4 is 0 Å². The van der Waals surface area contributed by atoms with Crippen LogP contribution in [0.1, 0.15) is 22.8 Å². The van der Waals surface area contributed by atoms with E-state index < -0.39 is 6.10 Å². The second-order valence-corrected chi connectivity index (χ2v) is 7.52. The fourth-order valence-electron chi connectivity index (χ4n) is 3.42. The van der Waals surface area contributed by atoms with Gasteiger partial charge in [-0.05, 0) is 37.6 Å². The molecule has 2 N–H and O–H groups in total. The SMILES string of the molecule is Cc1cc(C)nc(CCNCc2cccc(OC[C@@H](O)CN3CCOCC3)c2)n1. The zero-order valence-electron chi connectivity index (χ0n) is 17.4. The van der Waals surface area contributed by atoms with Crippen molar-refractivity contribution in [3.63, 3.8) is 0 Å². The van der Waals surface area contributed by atoms with E-state index in [1.807, 2.05) is 38.1 Å². The summed E-state index contributed by atoms with van der Waals surface area (Å²) in [6, 6.07) is 9.97. The Bertz CT molecular complexity index is 745. The van der Waals surface area contributed by atoms with Crippen LogP contribution in [0.3, 0.4) is 0 Å². The van der Waals surface area contributed by atoms with E-state index in [4.69, 9.17) is 9.47 Å². The number of morpholine rings is 1. The molecule has 29 heavy (non-hydrogen) atoms. The molecule has 0 bridgehead atoms. The lowest BCUT2D eigenvalue weighted by Crippen LogP contribution is -2.42. The Morgan fingerprint density at radius 1 is 1.17 bits per heavy atom. The Kier molecular flexibility index (Phi) is 8.37. The van der Waals surface area contributed by atoms with Gasteiger partial charge in [-0.15, -0.1) is 0 Å². The number of aliphatic hydroxyl groups is 1. The van der Waals surface area contributed by atoms with Gasteiger partial charge in [0.15, 0.2) is 0 Å². The number of rotatable bonds is 10. The molecule has 7 heteroatoms. The van der Waals surface area contributed by atoms with Crippen molar-refractivity contribution in [2.24, 2.45) is 0 Å². The third-order valence-electron chi connectivity index (χ3n) is 4.80. The highest BCUT2D eigenvalue weighted by Crippen LogP contribution is 2.14. The number of β-amino-alcohol motifs (C(OH)–C–C–N with tert-alkyl or cyclic N) is 1. The van der Waals surface area contributed by atoms with E-state index in [1.165, 1.54) is 0 Å². The number of ether oxygens (including phenoxy) is 2. The number of nitrogens with zero attached hydrogens (tertiary/aromatic N) is 3. The Balaban J connectivity index is 1.38. The van der Waals surface area contributed by atoms with Crippen molar-refractivity contribution in [3.8, 4) is 5.75 Å².